The minimum Gasteiger partial charge on any atom is -0.423 e. The highest BCUT2D eigenvalue weighted by atomic mass is 35.5. The lowest BCUT2D eigenvalue weighted by molar-refractivity contribution is 0.621. The van der Waals surface area contributed by atoms with Gasteiger partial charge < -0.3 is 4.42 Å². The number of nitrogens with one attached hydrogen (secondary N) is 1. The second kappa shape index (κ2) is 6.37. The molecule has 0 amide bonds. The van der Waals surface area contributed by atoms with E-state index in [1.54, 1.807) is 22.9 Å². The van der Waals surface area contributed by atoms with Crippen molar-refractivity contribution in [3.63, 3.8) is 0 Å². The van der Waals surface area contributed by atoms with Gasteiger partial charge in [0.15, 0.2) is 17.2 Å². The summed E-state index contributed by atoms with van der Waals surface area (Å²) in [7, 11) is 0. The third-order valence-electron chi connectivity index (χ3n) is 4.27. The summed E-state index contributed by atoms with van der Waals surface area (Å²) in [5, 5.41) is 18.4. The number of aromatic nitrogens is 4. The van der Waals surface area contributed by atoms with Crippen LogP contribution in [0, 0.1) is 11.3 Å². The maximum atomic E-state index is 9.47. The molecule has 0 saturated heterocycles. The fraction of sp³-hybridized carbons (Fsp3) is 0. The number of nitrogens with zero attached hydrogens (tertiary/aromatic N) is 5. The number of pyridine rings is 1. The van der Waals surface area contributed by atoms with Gasteiger partial charge in [-0.25, -0.2) is 4.98 Å². The summed E-state index contributed by atoms with van der Waals surface area (Å²) in [5.74, 6) is 0.991. The predicted octanol–water partition coefficient (Wildman–Crippen LogP) is 4.83. The Kier molecular flexibility index (Phi) is 3.71. The summed E-state index contributed by atoms with van der Waals surface area (Å²) in [6, 6.07) is 19.1. The van der Waals surface area contributed by atoms with E-state index in [4.69, 9.17) is 16.0 Å². The highest BCUT2D eigenvalue weighted by molar-refractivity contribution is 6.31. The minimum absolute atomic E-state index is 0.233. The van der Waals surface area contributed by atoms with Crippen LogP contribution in [0.2, 0.25) is 5.02 Å². The average Bonchev–Trinajstić information content (AvgIpc) is 3.30. The quantitative estimate of drug-likeness (QED) is 0.477. The highest BCUT2D eigenvalue weighted by Gasteiger charge is 2.16. The van der Waals surface area contributed by atoms with Gasteiger partial charge in [0.25, 0.3) is 0 Å². The number of para-hydroxylation sites is 1. The molecule has 2 aromatic carbocycles. The SMILES string of the molecule is N#Cc1cnn(-c2ccc3ccccc3n2)c1Nc1nc2cc(Cl)ccc2o1. The van der Waals surface area contributed by atoms with E-state index < -0.39 is 0 Å². The average molecular weight is 387 g/mol. The van der Waals surface area contributed by atoms with Crippen LogP contribution in [0.3, 0.4) is 0 Å². The fourth-order valence-corrected chi connectivity index (χ4v) is 3.12. The molecule has 8 heteroatoms. The van der Waals surface area contributed by atoms with Crippen molar-refractivity contribution in [1.82, 2.24) is 19.7 Å². The van der Waals surface area contributed by atoms with Crippen molar-refractivity contribution in [3.8, 4) is 11.9 Å². The molecule has 3 heterocycles. The van der Waals surface area contributed by atoms with Crippen LogP contribution < -0.4 is 5.32 Å². The zero-order valence-corrected chi connectivity index (χ0v) is 15.1. The molecular formula is C20H11ClN6O. The zero-order chi connectivity index (χ0) is 19.1. The molecule has 28 heavy (non-hydrogen) atoms. The standard InChI is InChI=1S/C20H11ClN6O/c21-14-6-7-17-16(9-14)25-20(28-17)26-19-13(10-22)11-23-27(19)18-8-5-12-3-1-2-4-15(12)24-18/h1-9,11H,(H,25,26). The Balaban J connectivity index is 1.60. The highest BCUT2D eigenvalue weighted by Crippen LogP contribution is 2.27. The van der Waals surface area contributed by atoms with Gasteiger partial charge in [0, 0.05) is 10.4 Å². The molecule has 5 rings (SSSR count). The summed E-state index contributed by atoms with van der Waals surface area (Å²) in [5.41, 5.74) is 2.37. The van der Waals surface area contributed by atoms with Crippen molar-refractivity contribution in [2.24, 2.45) is 0 Å². The van der Waals surface area contributed by atoms with E-state index in [1.165, 1.54) is 6.20 Å². The van der Waals surface area contributed by atoms with E-state index in [9.17, 15) is 5.26 Å². The van der Waals surface area contributed by atoms with Crippen molar-refractivity contribution in [1.29, 1.82) is 5.26 Å². The number of halogens is 1. The van der Waals surface area contributed by atoms with Crippen LogP contribution in [-0.2, 0) is 0 Å². The van der Waals surface area contributed by atoms with E-state index in [0.717, 1.165) is 10.9 Å². The normalized spacial score (nSPS) is 11.0. The number of hydrogen-bond donors (Lipinski definition) is 1. The largest absolute Gasteiger partial charge is 0.423 e. The van der Waals surface area contributed by atoms with Crippen molar-refractivity contribution >= 4 is 45.4 Å². The Morgan fingerprint density at radius 2 is 1.93 bits per heavy atom. The first kappa shape index (κ1) is 16.3. The molecule has 0 aliphatic rings. The first-order chi connectivity index (χ1) is 13.7. The Labute approximate surface area is 163 Å². The van der Waals surface area contributed by atoms with Crippen LogP contribution in [0.25, 0.3) is 27.8 Å². The Morgan fingerprint density at radius 1 is 1.04 bits per heavy atom. The van der Waals surface area contributed by atoms with E-state index in [-0.39, 0.29) is 6.01 Å². The third kappa shape index (κ3) is 2.73. The van der Waals surface area contributed by atoms with Gasteiger partial charge in [0.2, 0.25) is 0 Å². The molecule has 1 N–H and O–H groups in total. The number of fused-ring (bicyclic) bond motifs is 2. The van der Waals surface area contributed by atoms with Gasteiger partial charge in [-0.3, -0.25) is 5.32 Å². The fourth-order valence-electron chi connectivity index (χ4n) is 2.95. The molecule has 5 aromatic rings. The Bertz CT molecular complexity index is 1380. The summed E-state index contributed by atoms with van der Waals surface area (Å²) < 4.78 is 7.25. The summed E-state index contributed by atoms with van der Waals surface area (Å²) in [6.45, 7) is 0. The van der Waals surface area contributed by atoms with Crippen molar-refractivity contribution in [3.05, 3.63) is 71.4 Å². The molecule has 0 saturated carbocycles. The topological polar surface area (TPSA) is 92.6 Å². The minimum atomic E-state index is 0.233. The second-order valence-electron chi connectivity index (χ2n) is 6.05. The van der Waals surface area contributed by atoms with E-state index in [2.05, 4.69) is 26.5 Å². The van der Waals surface area contributed by atoms with E-state index in [0.29, 0.717) is 33.3 Å². The lowest BCUT2D eigenvalue weighted by Crippen LogP contribution is -2.05. The number of anilines is 2. The van der Waals surface area contributed by atoms with Crippen LogP contribution in [0.4, 0.5) is 11.8 Å². The van der Waals surface area contributed by atoms with Gasteiger partial charge >= 0.3 is 6.01 Å². The number of oxazole rings is 1. The van der Waals surface area contributed by atoms with Crippen LogP contribution in [-0.4, -0.2) is 19.7 Å². The molecule has 7 nitrogen and oxygen atoms in total. The number of benzene rings is 2. The third-order valence-corrected chi connectivity index (χ3v) is 4.50. The number of hydrogen-bond acceptors (Lipinski definition) is 6. The molecule has 0 atom stereocenters. The van der Waals surface area contributed by atoms with Gasteiger partial charge in [-0.1, -0.05) is 29.8 Å². The first-order valence-electron chi connectivity index (χ1n) is 8.39. The molecule has 0 spiro atoms. The van der Waals surface area contributed by atoms with Crippen molar-refractivity contribution < 1.29 is 4.42 Å². The zero-order valence-electron chi connectivity index (χ0n) is 14.3. The lowest BCUT2D eigenvalue weighted by Gasteiger charge is -2.08. The monoisotopic (exact) mass is 386 g/mol. The molecule has 0 aliphatic heterocycles. The van der Waals surface area contributed by atoms with Crippen LogP contribution in [0.1, 0.15) is 5.56 Å². The van der Waals surface area contributed by atoms with Gasteiger partial charge in [-0.15, -0.1) is 0 Å². The number of rotatable bonds is 3. The Morgan fingerprint density at radius 3 is 2.82 bits per heavy atom. The maximum absolute atomic E-state index is 9.47. The van der Waals surface area contributed by atoms with Crippen molar-refractivity contribution in [2.75, 3.05) is 5.32 Å². The molecule has 134 valence electrons. The van der Waals surface area contributed by atoms with Crippen LogP contribution >= 0.6 is 11.6 Å². The van der Waals surface area contributed by atoms with Crippen molar-refractivity contribution in [2.45, 2.75) is 0 Å². The maximum Gasteiger partial charge on any atom is 0.301 e. The van der Waals surface area contributed by atoms with Gasteiger partial charge in [0.05, 0.1) is 11.7 Å². The molecule has 0 radical (unpaired) electrons. The van der Waals surface area contributed by atoms with Crippen LogP contribution in [0.15, 0.2) is 65.2 Å². The van der Waals surface area contributed by atoms with E-state index in [1.807, 2.05) is 36.4 Å². The molecule has 0 unspecified atom stereocenters. The van der Waals surface area contributed by atoms with Gasteiger partial charge in [0.1, 0.15) is 17.1 Å². The lowest BCUT2D eigenvalue weighted by atomic mass is 10.2. The number of nitriles is 1. The summed E-state index contributed by atoms with van der Waals surface area (Å²) >= 11 is 6.00. The molecule has 0 bridgehead atoms. The smallest absolute Gasteiger partial charge is 0.301 e. The summed E-state index contributed by atoms with van der Waals surface area (Å²) in [6.07, 6.45) is 1.47. The molecule has 0 fully saturated rings. The van der Waals surface area contributed by atoms with Gasteiger partial charge in [-0.2, -0.15) is 20.0 Å². The summed E-state index contributed by atoms with van der Waals surface area (Å²) in [4.78, 5) is 9.01. The predicted molar refractivity (Wildman–Crippen MR) is 106 cm³/mol. The molecule has 3 aromatic heterocycles. The van der Waals surface area contributed by atoms with E-state index >= 15 is 0 Å². The molecule has 0 aliphatic carbocycles. The Hall–Kier alpha value is -3.89. The van der Waals surface area contributed by atoms with Crippen LogP contribution in [0.5, 0.6) is 0 Å². The van der Waals surface area contributed by atoms with Gasteiger partial charge in [-0.05, 0) is 36.4 Å². The first-order valence-corrected chi connectivity index (χ1v) is 8.76. The second-order valence-corrected chi connectivity index (χ2v) is 6.49. The molecular weight excluding hydrogens is 376 g/mol.